The fourth-order valence-electron chi connectivity index (χ4n) is 3.69. The summed E-state index contributed by atoms with van der Waals surface area (Å²) in [5.74, 6) is -0.0386. The quantitative estimate of drug-likeness (QED) is 0.740. The molecule has 1 N–H and O–H groups in total. The van der Waals surface area contributed by atoms with Gasteiger partial charge in [-0.1, -0.05) is 67.6 Å². The average Bonchev–Trinajstić information content (AvgIpc) is 2.83. The minimum absolute atomic E-state index is 0.0386. The Morgan fingerprint density at radius 1 is 0.926 bits per heavy atom. The molecule has 0 spiro atoms. The third-order valence-corrected chi connectivity index (χ3v) is 5.43. The summed E-state index contributed by atoms with van der Waals surface area (Å²) in [6, 6.07) is 15.9. The van der Waals surface area contributed by atoms with E-state index in [0.717, 1.165) is 25.2 Å². The van der Waals surface area contributed by atoms with Crippen LogP contribution in [0.2, 0.25) is 5.02 Å². The van der Waals surface area contributed by atoms with E-state index >= 15 is 0 Å². The fourth-order valence-corrected chi connectivity index (χ4v) is 3.86. The first-order chi connectivity index (χ1) is 13.2. The van der Waals surface area contributed by atoms with Gasteiger partial charge in [0.2, 0.25) is 0 Å². The van der Waals surface area contributed by atoms with Crippen molar-refractivity contribution in [2.45, 2.75) is 44.9 Å². The van der Waals surface area contributed by atoms with E-state index in [-0.39, 0.29) is 5.91 Å². The second-order valence-electron chi connectivity index (χ2n) is 7.26. The van der Waals surface area contributed by atoms with Gasteiger partial charge in [-0.05, 0) is 43.0 Å². The van der Waals surface area contributed by atoms with Gasteiger partial charge in [-0.25, -0.2) is 0 Å². The molecule has 144 valence electrons. The second-order valence-corrected chi connectivity index (χ2v) is 7.70. The maximum absolute atomic E-state index is 12.9. The molecule has 3 nitrogen and oxygen atoms in total. The lowest BCUT2D eigenvalue weighted by Crippen LogP contribution is -2.31. The normalized spacial score (nSPS) is 15.5. The topological polar surface area (TPSA) is 32.3 Å². The van der Waals surface area contributed by atoms with E-state index in [4.69, 9.17) is 11.6 Å². The monoisotopic (exact) mass is 384 g/mol. The van der Waals surface area contributed by atoms with Crippen LogP contribution in [0.25, 0.3) is 0 Å². The highest BCUT2D eigenvalue weighted by Gasteiger charge is 2.17. The lowest BCUT2D eigenvalue weighted by molar-refractivity contribution is 0.0954. The molecule has 3 rings (SSSR count). The van der Waals surface area contributed by atoms with Gasteiger partial charge in [0.25, 0.3) is 5.91 Å². The van der Waals surface area contributed by atoms with Crippen molar-refractivity contribution in [3.8, 4) is 0 Å². The number of carbonyl (C=O) groups excluding carboxylic acids is 1. The van der Waals surface area contributed by atoms with E-state index in [0.29, 0.717) is 17.1 Å². The summed E-state index contributed by atoms with van der Waals surface area (Å²) in [4.78, 5) is 15.2. The van der Waals surface area contributed by atoms with Crippen molar-refractivity contribution in [2.75, 3.05) is 24.5 Å². The van der Waals surface area contributed by atoms with Gasteiger partial charge in [-0.3, -0.25) is 4.79 Å². The first kappa shape index (κ1) is 19.8. The van der Waals surface area contributed by atoms with Crippen LogP contribution in [0.3, 0.4) is 0 Å². The number of hydrogen-bond donors (Lipinski definition) is 1. The molecule has 1 heterocycles. The summed E-state index contributed by atoms with van der Waals surface area (Å²) in [6.07, 6.45) is 8.36. The molecular weight excluding hydrogens is 356 g/mol. The van der Waals surface area contributed by atoms with Gasteiger partial charge in [0, 0.05) is 30.3 Å². The Labute approximate surface area is 167 Å². The zero-order valence-electron chi connectivity index (χ0n) is 15.9. The van der Waals surface area contributed by atoms with Crippen LogP contribution in [0, 0.1) is 0 Å². The van der Waals surface area contributed by atoms with Crippen molar-refractivity contribution >= 4 is 23.2 Å². The molecule has 1 fully saturated rings. The number of carbonyl (C=O) groups is 1. The molecule has 4 heteroatoms. The Balaban J connectivity index is 1.69. The maximum Gasteiger partial charge on any atom is 0.253 e. The molecule has 0 atom stereocenters. The van der Waals surface area contributed by atoms with Crippen LogP contribution < -0.4 is 10.2 Å². The van der Waals surface area contributed by atoms with E-state index < -0.39 is 0 Å². The van der Waals surface area contributed by atoms with Crippen molar-refractivity contribution in [2.24, 2.45) is 0 Å². The molecule has 27 heavy (non-hydrogen) atoms. The Kier molecular flexibility index (Phi) is 7.58. The number of halogens is 1. The standard InChI is InChI=1S/C23H29ClN2O/c24-20-12-13-22(26-16-8-3-1-2-4-9-17-26)21(18-20)23(27)25-15-14-19-10-6-5-7-11-19/h5-7,10-13,18H,1-4,8-9,14-17H2,(H,25,27). The van der Waals surface area contributed by atoms with Crippen LogP contribution in [0.4, 0.5) is 5.69 Å². The molecule has 1 saturated heterocycles. The first-order valence-electron chi connectivity index (χ1n) is 10.1. The van der Waals surface area contributed by atoms with Crippen LogP contribution in [0.1, 0.15) is 54.4 Å². The molecule has 1 aliphatic heterocycles. The number of nitrogens with zero attached hydrogens (tertiary/aromatic N) is 1. The zero-order chi connectivity index (χ0) is 18.9. The van der Waals surface area contributed by atoms with Crippen molar-refractivity contribution < 1.29 is 4.79 Å². The summed E-state index contributed by atoms with van der Waals surface area (Å²) in [5.41, 5.74) is 2.93. The number of benzene rings is 2. The van der Waals surface area contributed by atoms with Gasteiger partial charge in [0.1, 0.15) is 0 Å². The summed E-state index contributed by atoms with van der Waals surface area (Å²) in [7, 11) is 0. The predicted molar refractivity (Wildman–Crippen MR) is 114 cm³/mol. The molecular formula is C23H29ClN2O. The van der Waals surface area contributed by atoms with Gasteiger partial charge in [-0.2, -0.15) is 0 Å². The Morgan fingerprint density at radius 3 is 2.30 bits per heavy atom. The average molecular weight is 385 g/mol. The molecule has 0 saturated carbocycles. The van der Waals surface area contributed by atoms with E-state index in [9.17, 15) is 4.79 Å². The molecule has 1 aliphatic rings. The number of hydrogen-bond acceptors (Lipinski definition) is 2. The fraction of sp³-hybridized carbons (Fsp3) is 0.435. The second kappa shape index (κ2) is 10.4. The van der Waals surface area contributed by atoms with Crippen LogP contribution in [-0.2, 0) is 6.42 Å². The summed E-state index contributed by atoms with van der Waals surface area (Å²) >= 11 is 6.22. The highest BCUT2D eigenvalue weighted by atomic mass is 35.5. The number of rotatable bonds is 5. The van der Waals surface area contributed by atoms with E-state index in [1.807, 2.05) is 30.3 Å². The smallest absolute Gasteiger partial charge is 0.253 e. The number of nitrogens with one attached hydrogen (secondary N) is 1. The molecule has 0 bridgehead atoms. The SMILES string of the molecule is O=C(NCCc1ccccc1)c1cc(Cl)ccc1N1CCCCCCCC1. The minimum Gasteiger partial charge on any atom is -0.371 e. The van der Waals surface area contributed by atoms with Crippen molar-refractivity contribution in [3.63, 3.8) is 0 Å². The molecule has 0 radical (unpaired) electrons. The third-order valence-electron chi connectivity index (χ3n) is 5.19. The Bertz CT molecular complexity index is 722. The van der Waals surface area contributed by atoms with Crippen LogP contribution >= 0.6 is 11.6 Å². The molecule has 2 aromatic carbocycles. The van der Waals surface area contributed by atoms with E-state index in [2.05, 4.69) is 22.3 Å². The molecule has 1 amide bonds. The van der Waals surface area contributed by atoms with Gasteiger partial charge in [0.15, 0.2) is 0 Å². The van der Waals surface area contributed by atoms with E-state index in [1.165, 1.54) is 44.1 Å². The van der Waals surface area contributed by atoms with Crippen LogP contribution in [0.15, 0.2) is 48.5 Å². The third kappa shape index (κ3) is 6.00. The first-order valence-corrected chi connectivity index (χ1v) is 10.5. The van der Waals surface area contributed by atoms with Crippen molar-refractivity contribution in [1.29, 1.82) is 0 Å². The Hall–Kier alpha value is -2.00. The zero-order valence-corrected chi connectivity index (χ0v) is 16.7. The molecule has 0 aliphatic carbocycles. The van der Waals surface area contributed by atoms with Gasteiger partial charge < -0.3 is 10.2 Å². The highest BCUT2D eigenvalue weighted by molar-refractivity contribution is 6.31. The predicted octanol–water partition coefficient (Wildman–Crippen LogP) is 5.47. The lowest BCUT2D eigenvalue weighted by atomic mass is 10.1. The molecule has 2 aromatic rings. The minimum atomic E-state index is -0.0386. The number of anilines is 1. The maximum atomic E-state index is 12.9. The molecule has 0 aromatic heterocycles. The largest absolute Gasteiger partial charge is 0.371 e. The van der Waals surface area contributed by atoms with Crippen molar-refractivity contribution in [3.05, 3.63) is 64.7 Å². The highest BCUT2D eigenvalue weighted by Crippen LogP contribution is 2.26. The summed E-state index contributed by atoms with van der Waals surface area (Å²) in [5, 5.41) is 3.68. The summed E-state index contributed by atoms with van der Waals surface area (Å²) < 4.78 is 0. The summed E-state index contributed by atoms with van der Waals surface area (Å²) in [6.45, 7) is 2.63. The Morgan fingerprint density at radius 2 is 1.59 bits per heavy atom. The van der Waals surface area contributed by atoms with Crippen molar-refractivity contribution in [1.82, 2.24) is 5.32 Å². The lowest BCUT2D eigenvalue weighted by Gasteiger charge is -2.26. The molecule has 0 unspecified atom stereocenters. The number of amides is 1. The van der Waals surface area contributed by atoms with Gasteiger partial charge in [-0.15, -0.1) is 0 Å². The van der Waals surface area contributed by atoms with Crippen LogP contribution in [0.5, 0.6) is 0 Å². The van der Waals surface area contributed by atoms with E-state index in [1.54, 1.807) is 6.07 Å². The van der Waals surface area contributed by atoms with Crippen LogP contribution in [-0.4, -0.2) is 25.5 Å². The van der Waals surface area contributed by atoms with Gasteiger partial charge in [0.05, 0.1) is 5.56 Å². The van der Waals surface area contributed by atoms with Gasteiger partial charge >= 0.3 is 0 Å².